The Labute approximate surface area is 123 Å². The molecule has 2 aromatic rings. The number of hydrogen-bond donors (Lipinski definition) is 1. The van der Waals surface area contributed by atoms with E-state index in [0.717, 1.165) is 11.1 Å². The topological polar surface area (TPSA) is 64.4 Å². The van der Waals surface area contributed by atoms with E-state index in [0.29, 0.717) is 18.9 Å². The van der Waals surface area contributed by atoms with Gasteiger partial charge in [0.1, 0.15) is 6.61 Å². The molecule has 0 spiro atoms. The summed E-state index contributed by atoms with van der Waals surface area (Å²) >= 11 is 0. The van der Waals surface area contributed by atoms with Gasteiger partial charge in [0, 0.05) is 12.6 Å². The molecule has 0 aliphatic carbocycles. The van der Waals surface area contributed by atoms with Crippen LogP contribution in [0.15, 0.2) is 42.5 Å². The summed E-state index contributed by atoms with van der Waals surface area (Å²) in [5.41, 5.74) is 3.08. The van der Waals surface area contributed by atoms with E-state index in [9.17, 15) is 10.1 Å². The Bertz CT molecular complexity index is 624. The van der Waals surface area contributed by atoms with Crippen molar-refractivity contribution in [3.05, 3.63) is 69.3 Å². The highest BCUT2D eigenvalue weighted by Crippen LogP contribution is 2.28. The number of nitrogens with zero attached hydrogens (tertiary/aromatic N) is 1. The summed E-state index contributed by atoms with van der Waals surface area (Å²) < 4.78 is 5.64. The first-order chi connectivity index (χ1) is 10.1. The van der Waals surface area contributed by atoms with Gasteiger partial charge in [-0.1, -0.05) is 35.9 Å². The minimum atomic E-state index is -0.423. The lowest BCUT2D eigenvalue weighted by molar-refractivity contribution is -0.386. The minimum Gasteiger partial charge on any atom is -0.482 e. The summed E-state index contributed by atoms with van der Waals surface area (Å²) in [5.74, 6) is 0.299. The van der Waals surface area contributed by atoms with Gasteiger partial charge in [-0.2, -0.15) is 0 Å². The lowest BCUT2D eigenvalue weighted by Gasteiger charge is -2.09. The molecule has 110 valence electrons. The molecule has 5 heteroatoms. The maximum Gasteiger partial charge on any atom is 0.310 e. The Morgan fingerprint density at radius 3 is 2.43 bits per heavy atom. The molecule has 0 bridgehead atoms. The fourth-order valence-electron chi connectivity index (χ4n) is 1.98. The second-order valence-electron chi connectivity index (χ2n) is 4.86. The molecule has 0 saturated heterocycles. The summed E-state index contributed by atoms with van der Waals surface area (Å²) in [7, 11) is 1.83. The van der Waals surface area contributed by atoms with Crippen molar-refractivity contribution in [2.45, 2.75) is 20.1 Å². The van der Waals surface area contributed by atoms with Crippen LogP contribution in [0, 0.1) is 17.0 Å². The number of nitro groups is 1. The number of benzene rings is 2. The van der Waals surface area contributed by atoms with E-state index in [2.05, 4.69) is 5.32 Å². The molecule has 0 fully saturated rings. The predicted molar refractivity (Wildman–Crippen MR) is 81.4 cm³/mol. The van der Waals surface area contributed by atoms with E-state index in [1.807, 2.05) is 38.2 Å². The fourth-order valence-corrected chi connectivity index (χ4v) is 1.98. The van der Waals surface area contributed by atoms with Crippen molar-refractivity contribution in [1.29, 1.82) is 0 Å². The van der Waals surface area contributed by atoms with E-state index in [1.165, 1.54) is 11.6 Å². The van der Waals surface area contributed by atoms with Gasteiger partial charge in [0.05, 0.1) is 4.92 Å². The maximum absolute atomic E-state index is 11.1. The lowest BCUT2D eigenvalue weighted by atomic mass is 10.1. The molecule has 0 radical (unpaired) electrons. The van der Waals surface area contributed by atoms with Crippen LogP contribution in [-0.4, -0.2) is 12.0 Å². The SMILES string of the molecule is CNCc1ccc([N+](=O)[O-])c(OCc2ccc(C)cc2)c1. The van der Waals surface area contributed by atoms with Crippen LogP contribution in [0.1, 0.15) is 16.7 Å². The first kappa shape index (κ1) is 15.0. The fraction of sp³-hybridized carbons (Fsp3) is 0.250. The van der Waals surface area contributed by atoms with Crippen molar-refractivity contribution in [3.63, 3.8) is 0 Å². The molecule has 0 heterocycles. The van der Waals surface area contributed by atoms with Crippen LogP contribution in [-0.2, 0) is 13.2 Å². The van der Waals surface area contributed by atoms with Crippen LogP contribution in [0.5, 0.6) is 5.75 Å². The molecular weight excluding hydrogens is 268 g/mol. The summed E-state index contributed by atoms with van der Waals surface area (Å²) in [4.78, 5) is 10.6. The molecule has 0 atom stereocenters. The quantitative estimate of drug-likeness (QED) is 0.654. The molecule has 2 rings (SSSR count). The molecule has 0 amide bonds. The maximum atomic E-state index is 11.1. The molecular formula is C16H18N2O3. The summed E-state index contributed by atoms with van der Waals surface area (Å²) in [5, 5.41) is 14.1. The van der Waals surface area contributed by atoms with Crippen LogP contribution in [0.4, 0.5) is 5.69 Å². The van der Waals surface area contributed by atoms with Gasteiger partial charge in [-0.25, -0.2) is 0 Å². The van der Waals surface area contributed by atoms with Crippen molar-refractivity contribution in [3.8, 4) is 5.75 Å². The van der Waals surface area contributed by atoms with Gasteiger partial charge in [0.25, 0.3) is 0 Å². The van der Waals surface area contributed by atoms with E-state index < -0.39 is 4.92 Å². The van der Waals surface area contributed by atoms with Crippen molar-refractivity contribution in [1.82, 2.24) is 5.32 Å². The number of ether oxygens (including phenoxy) is 1. The molecule has 21 heavy (non-hydrogen) atoms. The summed E-state index contributed by atoms with van der Waals surface area (Å²) in [6.45, 7) is 2.96. The molecule has 5 nitrogen and oxygen atoms in total. The second-order valence-corrected chi connectivity index (χ2v) is 4.86. The normalized spacial score (nSPS) is 10.4. The third kappa shape index (κ3) is 4.03. The predicted octanol–water partition coefficient (Wildman–Crippen LogP) is 3.20. The third-order valence-electron chi connectivity index (χ3n) is 3.12. The zero-order valence-electron chi connectivity index (χ0n) is 12.1. The van der Waals surface area contributed by atoms with E-state index >= 15 is 0 Å². The first-order valence-corrected chi connectivity index (χ1v) is 6.70. The molecule has 0 saturated carbocycles. The highest BCUT2D eigenvalue weighted by Gasteiger charge is 2.15. The Morgan fingerprint density at radius 2 is 1.81 bits per heavy atom. The number of aryl methyl sites for hydroxylation is 1. The van der Waals surface area contributed by atoms with E-state index in [1.54, 1.807) is 12.1 Å². The molecule has 2 aromatic carbocycles. The smallest absolute Gasteiger partial charge is 0.310 e. The molecule has 0 aromatic heterocycles. The highest BCUT2D eigenvalue weighted by atomic mass is 16.6. The lowest BCUT2D eigenvalue weighted by Crippen LogP contribution is -2.06. The number of rotatable bonds is 6. The van der Waals surface area contributed by atoms with Crippen LogP contribution >= 0.6 is 0 Å². The van der Waals surface area contributed by atoms with Gasteiger partial charge in [-0.15, -0.1) is 0 Å². The molecule has 0 aliphatic rings. The van der Waals surface area contributed by atoms with E-state index in [-0.39, 0.29) is 5.69 Å². The van der Waals surface area contributed by atoms with Crippen LogP contribution < -0.4 is 10.1 Å². The molecule has 0 aliphatic heterocycles. The Balaban J connectivity index is 2.18. The van der Waals surface area contributed by atoms with Crippen LogP contribution in [0.25, 0.3) is 0 Å². The Hall–Kier alpha value is -2.40. The van der Waals surface area contributed by atoms with Gasteiger partial charge in [0.15, 0.2) is 5.75 Å². The minimum absolute atomic E-state index is 0.0121. The molecule has 1 N–H and O–H groups in total. The van der Waals surface area contributed by atoms with E-state index in [4.69, 9.17) is 4.74 Å². The van der Waals surface area contributed by atoms with Crippen molar-refractivity contribution < 1.29 is 9.66 Å². The zero-order valence-corrected chi connectivity index (χ0v) is 12.1. The summed E-state index contributed by atoms with van der Waals surface area (Å²) in [6, 6.07) is 12.8. The number of hydrogen-bond acceptors (Lipinski definition) is 4. The van der Waals surface area contributed by atoms with Gasteiger partial charge in [-0.3, -0.25) is 10.1 Å². The van der Waals surface area contributed by atoms with Gasteiger partial charge >= 0.3 is 5.69 Å². The third-order valence-corrected chi connectivity index (χ3v) is 3.12. The second kappa shape index (κ2) is 6.85. The van der Waals surface area contributed by atoms with Crippen LogP contribution in [0.2, 0.25) is 0 Å². The highest BCUT2D eigenvalue weighted by molar-refractivity contribution is 5.48. The van der Waals surface area contributed by atoms with Gasteiger partial charge < -0.3 is 10.1 Å². The zero-order chi connectivity index (χ0) is 15.2. The number of nitro benzene ring substituents is 1. The van der Waals surface area contributed by atoms with Crippen LogP contribution in [0.3, 0.4) is 0 Å². The average molecular weight is 286 g/mol. The Morgan fingerprint density at radius 1 is 1.14 bits per heavy atom. The largest absolute Gasteiger partial charge is 0.482 e. The summed E-state index contributed by atoms with van der Waals surface area (Å²) in [6.07, 6.45) is 0. The average Bonchev–Trinajstić information content (AvgIpc) is 2.47. The molecule has 0 unspecified atom stereocenters. The van der Waals surface area contributed by atoms with Crippen molar-refractivity contribution >= 4 is 5.69 Å². The van der Waals surface area contributed by atoms with Gasteiger partial charge in [0.2, 0.25) is 0 Å². The number of nitrogens with one attached hydrogen (secondary N) is 1. The monoisotopic (exact) mass is 286 g/mol. The first-order valence-electron chi connectivity index (χ1n) is 6.70. The van der Waals surface area contributed by atoms with Crippen molar-refractivity contribution in [2.75, 3.05) is 7.05 Å². The standard InChI is InChI=1S/C16H18N2O3/c1-12-3-5-13(6-4-12)11-21-16-9-14(10-17-2)7-8-15(16)18(19)20/h3-9,17H,10-11H2,1-2H3. The Kier molecular flexibility index (Phi) is 4.90. The van der Waals surface area contributed by atoms with Crippen molar-refractivity contribution in [2.24, 2.45) is 0 Å². The van der Waals surface area contributed by atoms with Gasteiger partial charge in [-0.05, 0) is 31.2 Å².